The van der Waals surface area contributed by atoms with Crippen LogP contribution in [0.25, 0.3) is 21.5 Å². The fourth-order valence-corrected chi connectivity index (χ4v) is 10.2. The molecule has 0 aliphatic carbocycles. The summed E-state index contributed by atoms with van der Waals surface area (Å²) in [7, 11) is 3.40. The van der Waals surface area contributed by atoms with Crippen molar-refractivity contribution in [3.05, 3.63) is 131 Å². The lowest BCUT2D eigenvalue weighted by Crippen LogP contribution is -2.58. The van der Waals surface area contributed by atoms with Crippen LogP contribution in [0.1, 0.15) is 100 Å². The van der Waals surface area contributed by atoms with Gasteiger partial charge in [0, 0.05) is 48.4 Å². The summed E-state index contributed by atoms with van der Waals surface area (Å²) >= 11 is 0. The van der Waals surface area contributed by atoms with Crippen LogP contribution >= 0.6 is 0 Å². The standard InChI is InChI=1S/C58H74N8O6/c1-35(59-9)51(67)63-49(57(3,4)5)55(71)65-33-43(31-45(65)29-41-21-15-19-37-17-11-13-23-47(37)41)61-53(69)39-25-27-40(28-26-39)54(70)62-44-32-46(30-42-22-16-20-38-18-12-14-24-48(38)42)66(34-44)56(72)50(58(6,7)8)64-52(68)36(2)60-10/h11-28,35-36,43-46,49-50,59-60H,29-34H2,1-10H3,(H,61,69)(H,62,70)(H,63,67)(H,64,68). The topological polar surface area (TPSA) is 181 Å². The van der Waals surface area contributed by atoms with Gasteiger partial charge < -0.3 is 41.7 Å². The van der Waals surface area contributed by atoms with Crippen molar-refractivity contribution in [2.45, 2.75) is 129 Å². The predicted octanol–water partition coefficient (Wildman–Crippen LogP) is 6.15. The highest BCUT2D eigenvalue weighted by Gasteiger charge is 2.45. The van der Waals surface area contributed by atoms with Gasteiger partial charge >= 0.3 is 0 Å². The smallest absolute Gasteiger partial charge is 0.251 e. The maximum absolute atomic E-state index is 14.7. The maximum atomic E-state index is 14.7. The van der Waals surface area contributed by atoms with E-state index in [1.165, 1.54) is 0 Å². The lowest BCUT2D eigenvalue weighted by Gasteiger charge is -2.36. The van der Waals surface area contributed by atoms with Crippen LogP contribution in [-0.2, 0) is 32.0 Å². The molecule has 5 aromatic rings. The number of nitrogens with zero attached hydrogens (tertiary/aromatic N) is 2. The molecule has 382 valence electrons. The zero-order valence-electron chi connectivity index (χ0n) is 43.6. The first-order valence-corrected chi connectivity index (χ1v) is 25.4. The quantitative estimate of drug-likeness (QED) is 0.0681. The highest BCUT2D eigenvalue weighted by atomic mass is 16.2. The number of hydrogen-bond donors (Lipinski definition) is 6. The van der Waals surface area contributed by atoms with Gasteiger partial charge in [-0.25, -0.2) is 0 Å². The van der Waals surface area contributed by atoms with E-state index in [2.05, 4.69) is 80.4 Å². The van der Waals surface area contributed by atoms with Crippen LogP contribution in [0.5, 0.6) is 0 Å². The molecule has 2 saturated heterocycles. The molecule has 72 heavy (non-hydrogen) atoms. The minimum absolute atomic E-state index is 0.203. The zero-order valence-corrected chi connectivity index (χ0v) is 43.6. The fraction of sp³-hybridized carbons (Fsp3) is 0.448. The molecule has 2 fully saturated rings. The number of carbonyl (C=O) groups is 6. The third-order valence-electron chi connectivity index (χ3n) is 14.6. The second-order valence-corrected chi connectivity index (χ2v) is 22.0. The van der Waals surface area contributed by atoms with Gasteiger partial charge in [0.05, 0.1) is 12.1 Å². The Morgan fingerprint density at radius 2 is 0.861 bits per heavy atom. The zero-order chi connectivity index (χ0) is 52.1. The van der Waals surface area contributed by atoms with Gasteiger partial charge in [0.25, 0.3) is 11.8 Å². The third kappa shape index (κ3) is 12.3. The molecule has 0 saturated carbocycles. The second-order valence-electron chi connectivity index (χ2n) is 22.0. The van der Waals surface area contributed by atoms with E-state index >= 15 is 0 Å². The van der Waals surface area contributed by atoms with Crippen LogP contribution < -0.4 is 31.9 Å². The fourth-order valence-electron chi connectivity index (χ4n) is 10.2. The van der Waals surface area contributed by atoms with Crippen molar-refractivity contribution in [2.75, 3.05) is 27.2 Å². The molecule has 5 aromatic carbocycles. The van der Waals surface area contributed by atoms with Crippen LogP contribution in [0.15, 0.2) is 109 Å². The van der Waals surface area contributed by atoms with E-state index in [9.17, 15) is 28.8 Å². The van der Waals surface area contributed by atoms with E-state index in [1.54, 1.807) is 52.2 Å². The Labute approximate surface area is 424 Å². The van der Waals surface area contributed by atoms with Gasteiger partial charge in [0.1, 0.15) is 12.1 Å². The lowest BCUT2D eigenvalue weighted by molar-refractivity contribution is -0.140. The van der Waals surface area contributed by atoms with Crippen LogP contribution in [0, 0.1) is 10.8 Å². The molecule has 8 unspecified atom stereocenters. The lowest BCUT2D eigenvalue weighted by atomic mass is 9.85. The predicted molar refractivity (Wildman–Crippen MR) is 284 cm³/mol. The number of carbonyl (C=O) groups excluding carboxylic acids is 6. The summed E-state index contributed by atoms with van der Waals surface area (Å²) in [4.78, 5) is 87.4. The van der Waals surface area contributed by atoms with Gasteiger partial charge in [-0.1, -0.05) is 126 Å². The van der Waals surface area contributed by atoms with E-state index in [1.807, 2.05) is 87.7 Å². The number of likely N-dealkylation sites (N-methyl/N-ethyl adjacent to an activating group) is 2. The molecule has 0 aromatic heterocycles. The molecule has 0 bridgehead atoms. The Morgan fingerprint density at radius 1 is 0.514 bits per heavy atom. The Morgan fingerprint density at radius 3 is 1.21 bits per heavy atom. The molecule has 0 spiro atoms. The molecule has 6 N–H and O–H groups in total. The minimum Gasteiger partial charge on any atom is -0.347 e. The van der Waals surface area contributed by atoms with Crippen LogP contribution in [0.2, 0.25) is 0 Å². The van der Waals surface area contributed by atoms with Gasteiger partial charge in [-0.05, 0) is 121 Å². The first-order valence-electron chi connectivity index (χ1n) is 25.4. The average molecular weight is 979 g/mol. The molecule has 7 rings (SSSR count). The Hall–Kier alpha value is -6.64. The molecule has 0 radical (unpaired) electrons. The van der Waals surface area contributed by atoms with Gasteiger partial charge in [0.15, 0.2) is 0 Å². The van der Waals surface area contributed by atoms with E-state index in [0.29, 0.717) is 36.8 Å². The summed E-state index contributed by atoms with van der Waals surface area (Å²) in [5, 5.41) is 22.7. The van der Waals surface area contributed by atoms with Gasteiger partial charge in [-0.2, -0.15) is 0 Å². The number of nitrogens with one attached hydrogen (secondary N) is 6. The molecular formula is C58H74N8O6. The second kappa shape index (κ2) is 22.4. The van der Waals surface area contributed by atoms with Crippen molar-refractivity contribution >= 4 is 57.0 Å². The maximum Gasteiger partial charge on any atom is 0.251 e. The van der Waals surface area contributed by atoms with Crippen molar-refractivity contribution < 1.29 is 28.8 Å². The molecule has 2 heterocycles. The third-order valence-corrected chi connectivity index (χ3v) is 14.6. The normalized spacial score (nSPS) is 19.9. The molecule has 14 heteroatoms. The molecule has 6 amide bonds. The minimum atomic E-state index is -0.813. The number of amides is 6. The Bertz CT molecular complexity index is 2580. The largest absolute Gasteiger partial charge is 0.347 e. The number of fused-ring (bicyclic) bond motifs is 2. The summed E-state index contributed by atoms with van der Waals surface area (Å²) in [6.07, 6.45) is 2.11. The number of likely N-dealkylation sites (tertiary alicyclic amines) is 2. The van der Waals surface area contributed by atoms with E-state index in [4.69, 9.17) is 0 Å². The summed E-state index contributed by atoms with van der Waals surface area (Å²) in [5.41, 5.74) is 1.69. The van der Waals surface area contributed by atoms with E-state index in [0.717, 1.165) is 32.7 Å². The van der Waals surface area contributed by atoms with Gasteiger partial charge in [-0.15, -0.1) is 0 Å². The van der Waals surface area contributed by atoms with Crippen molar-refractivity contribution in [2.24, 2.45) is 10.8 Å². The molecule has 2 aliphatic heterocycles. The molecule has 14 nitrogen and oxygen atoms in total. The van der Waals surface area contributed by atoms with E-state index < -0.39 is 35.0 Å². The van der Waals surface area contributed by atoms with Crippen LogP contribution in [0.4, 0.5) is 0 Å². The highest BCUT2D eigenvalue weighted by molar-refractivity contribution is 5.98. The summed E-state index contributed by atoms with van der Waals surface area (Å²) < 4.78 is 0. The summed E-state index contributed by atoms with van der Waals surface area (Å²) in [6, 6.07) is 31.2. The SMILES string of the molecule is CNC(C)C(=O)NC(C(=O)N1CC(NC(=O)c2ccc(C(=O)NC3CC(Cc4cccc5ccccc45)N(C(=O)C(NC(=O)C(C)NC)C(C)(C)C)C3)cc2)CC1Cc1cccc2ccccc12)C(C)(C)C. The monoisotopic (exact) mass is 979 g/mol. The van der Waals surface area contributed by atoms with Crippen molar-refractivity contribution in [1.82, 2.24) is 41.7 Å². The van der Waals surface area contributed by atoms with Crippen LogP contribution in [0.3, 0.4) is 0 Å². The summed E-state index contributed by atoms with van der Waals surface area (Å²) in [5.74, 6) is -1.62. The Balaban J connectivity index is 1.07. The first-order chi connectivity index (χ1) is 34.2. The Kier molecular flexibility index (Phi) is 16.6. The van der Waals surface area contributed by atoms with Crippen LogP contribution in [-0.4, -0.2) is 121 Å². The summed E-state index contributed by atoms with van der Waals surface area (Å²) in [6.45, 7) is 15.6. The van der Waals surface area contributed by atoms with Crippen molar-refractivity contribution in [1.29, 1.82) is 0 Å². The number of benzene rings is 5. The molecule has 8 atom stereocenters. The van der Waals surface area contributed by atoms with Crippen molar-refractivity contribution in [3.8, 4) is 0 Å². The highest BCUT2D eigenvalue weighted by Crippen LogP contribution is 2.32. The first kappa shape index (κ1) is 53.2. The number of rotatable bonds is 16. The molecular weight excluding hydrogens is 905 g/mol. The average Bonchev–Trinajstić information content (AvgIpc) is 3.95. The van der Waals surface area contributed by atoms with Crippen molar-refractivity contribution in [3.63, 3.8) is 0 Å². The molecule has 2 aliphatic rings. The number of hydrogen-bond acceptors (Lipinski definition) is 8. The van der Waals surface area contributed by atoms with E-state index in [-0.39, 0.29) is 72.7 Å². The van der Waals surface area contributed by atoms with Gasteiger partial charge in [-0.3, -0.25) is 28.8 Å². The van der Waals surface area contributed by atoms with Gasteiger partial charge in [0.2, 0.25) is 23.6 Å².